The van der Waals surface area contributed by atoms with E-state index < -0.39 is 0 Å². The number of nitrogens with one attached hydrogen (secondary N) is 1. The second-order valence-corrected chi connectivity index (χ2v) is 7.70. The SMILES string of the molecule is CC1CC1C(=O)N1CC2(C1)OCCC2CCNC(=O)c1cccnc1. The molecule has 3 aliphatic rings. The molecular weight excluding hydrogens is 318 g/mol. The molecule has 2 saturated heterocycles. The van der Waals surface area contributed by atoms with Crippen LogP contribution in [0.3, 0.4) is 0 Å². The summed E-state index contributed by atoms with van der Waals surface area (Å²) in [6, 6.07) is 3.52. The molecule has 1 aliphatic carbocycles. The lowest BCUT2D eigenvalue weighted by Crippen LogP contribution is -2.66. The van der Waals surface area contributed by atoms with Gasteiger partial charge in [0.15, 0.2) is 0 Å². The fourth-order valence-electron chi connectivity index (χ4n) is 4.16. The molecule has 2 amide bonds. The van der Waals surface area contributed by atoms with Gasteiger partial charge in [0.25, 0.3) is 5.91 Å². The Bertz CT molecular complexity index is 657. The molecule has 3 unspecified atom stereocenters. The number of amides is 2. The van der Waals surface area contributed by atoms with Crippen molar-refractivity contribution in [2.24, 2.45) is 17.8 Å². The maximum Gasteiger partial charge on any atom is 0.252 e. The third kappa shape index (κ3) is 3.15. The summed E-state index contributed by atoms with van der Waals surface area (Å²) in [6.45, 7) is 4.95. The Labute approximate surface area is 147 Å². The molecule has 0 aromatic carbocycles. The van der Waals surface area contributed by atoms with E-state index in [1.807, 2.05) is 4.90 Å². The molecule has 1 aromatic heterocycles. The van der Waals surface area contributed by atoms with Crippen LogP contribution in [0.2, 0.25) is 0 Å². The van der Waals surface area contributed by atoms with Gasteiger partial charge in [0.05, 0.1) is 18.7 Å². The maximum atomic E-state index is 12.3. The summed E-state index contributed by atoms with van der Waals surface area (Å²) in [5.41, 5.74) is 0.408. The average molecular weight is 343 g/mol. The quantitative estimate of drug-likeness (QED) is 0.879. The second-order valence-electron chi connectivity index (χ2n) is 7.70. The van der Waals surface area contributed by atoms with Gasteiger partial charge in [0.2, 0.25) is 5.91 Å². The summed E-state index contributed by atoms with van der Waals surface area (Å²) in [4.78, 5) is 30.3. The minimum atomic E-state index is -0.174. The molecule has 3 atom stereocenters. The van der Waals surface area contributed by atoms with Gasteiger partial charge in [-0.2, -0.15) is 0 Å². The van der Waals surface area contributed by atoms with Crippen LogP contribution in [-0.2, 0) is 9.53 Å². The summed E-state index contributed by atoms with van der Waals surface area (Å²) < 4.78 is 6.02. The second kappa shape index (κ2) is 6.41. The lowest BCUT2D eigenvalue weighted by Gasteiger charge is -2.50. The number of nitrogens with zero attached hydrogens (tertiary/aromatic N) is 2. The first kappa shape index (κ1) is 16.5. The Morgan fingerprint density at radius 3 is 2.92 bits per heavy atom. The number of pyridine rings is 1. The van der Waals surface area contributed by atoms with Gasteiger partial charge >= 0.3 is 0 Å². The van der Waals surface area contributed by atoms with Crippen molar-refractivity contribution < 1.29 is 14.3 Å². The molecule has 25 heavy (non-hydrogen) atoms. The molecule has 0 bridgehead atoms. The van der Waals surface area contributed by atoms with Crippen molar-refractivity contribution in [2.45, 2.75) is 31.8 Å². The van der Waals surface area contributed by atoms with Crippen LogP contribution in [0.5, 0.6) is 0 Å². The van der Waals surface area contributed by atoms with Gasteiger partial charge in [-0.05, 0) is 43.2 Å². The molecule has 1 N–H and O–H groups in total. The molecule has 1 spiro atoms. The first-order chi connectivity index (χ1) is 12.1. The van der Waals surface area contributed by atoms with Crippen LogP contribution in [-0.4, -0.2) is 53.5 Å². The summed E-state index contributed by atoms with van der Waals surface area (Å²) >= 11 is 0. The molecule has 6 nitrogen and oxygen atoms in total. The minimum Gasteiger partial charge on any atom is -0.371 e. The highest BCUT2D eigenvalue weighted by molar-refractivity contribution is 5.93. The van der Waals surface area contributed by atoms with E-state index >= 15 is 0 Å². The zero-order chi connectivity index (χ0) is 17.4. The van der Waals surface area contributed by atoms with E-state index in [4.69, 9.17) is 4.74 Å². The largest absolute Gasteiger partial charge is 0.371 e. The summed E-state index contributed by atoms with van der Waals surface area (Å²) in [5, 5.41) is 2.96. The van der Waals surface area contributed by atoms with Crippen LogP contribution >= 0.6 is 0 Å². The van der Waals surface area contributed by atoms with E-state index in [0.29, 0.717) is 29.9 Å². The van der Waals surface area contributed by atoms with Gasteiger partial charge in [-0.25, -0.2) is 0 Å². The molecule has 1 saturated carbocycles. The van der Waals surface area contributed by atoms with Crippen molar-refractivity contribution in [3.63, 3.8) is 0 Å². The summed E-state index contributed by atoms with van der Waals surface area (Å²) in [6.07, 6.45) is 6.15. The Hall–Kier alpha value is -1.95. The molecule has 6 heteroatoms. The molecule has 134 valence electrons. The lowest BCUT2D eigenvalue weighted by atomic mass is 9.78. The molecule has 4 rings (SSSR count). The van der Waals surface area contributed by atoms with Crippen LogP contribution in [0.15, 0.2) is 24.5 Å². The highest BCUT2D eigenvalue weighted by Crippen LogP contribution is 2.45. The Morgan fingerprint density at radius 2 is 2.24 bits per heavy atom. The number of carbonyl (C=O) groups is 2. The molecule has 1 aromatic rings. The van der Waals surface area contributed by atoms with Crippen molar-refractivity contribution >= 4 is 11.8 Å². The van der Waals surface area contributed by atoms with Gasteiger partial charge in [0, 0.05) is 31.5 Å². The molecule has 0 radical (unpaired) electrons. The fraction of sp³-hybridized carbons (Fsp3) is 0.632. The Balaban J connectivity index is 1.25. The zero-order valence-electron chi connectivity index (χ0n) is 14.6. The van der Waals surface area contributed by atoms with Gasteiger partial charge in [0.1, 0.15) is 5.60 Å². The van der Waals surface area contributed by atoms with Crippen LogP contribution in [0.25, 0.3) is 0 Å². The first-order valence-corrected chi connectivity index (χ1v) is 9.20. The van der Waals surface area contributed by atoms with Gasteiger partial charge < -0.3 is 15.0 Å². The number of aromatic nitrogens is 1. The Kier molecular flexibility index (Phi) is 4.23. The van der Waals surface area contributed by atoms with Crippen molar-refractivity contribution in [3.05, 3.63) is 30.1 Å². The minimum absolute atomic E-state index is 0.0887. The van der Waals surface area contributed by atoms with E-state index in [2.05, 4.69) is 17.2 Å². The number of likely N-dealkylation sites (tertiary alicyclic amines) is 1. The first-order valence-electron chi connectivity index (χ1n) is 9.20. The normalized spacial score (nSPS) is 29.3. The number of carbonyl (C=O) groups excluding carboxylic acids is 2. The smallest absolute Gasteiger partial charge is 0.252 e. The van der Waals surface area contributed by atoms with E-state index in [1.54, 1.807) is 24.5 Å². The predicted octanol–water partition coefficient (Wildman–Crippen LogP) is 1.47. The standard InChI is InChI=1S/C19H25N3O3/c1-13-9-16(13)18(24)22-11-19(12-22)15(5-8-25-19)4-7-21-17(23)14-3-2-6-20-10-14/h2-3,6,10,13,15-16H,4-5,7-9,11-12H2,1H3,(H,21,23). The molecular formula is C19H25N3O3. The van der Waals surface area contributed by atoms with Crippen LogP contribution in [0, 0.1) is 17.8 Å². The zero-order valence-corrected chi connectivity index (χ0v) is 14.6. The third-order valence-electron chi connectivity index (χ3n) is 5.96. The van der Waals surface area contributed by atoms with E-state index in [1.165, 1.54) is 0 Å². The predicted molar refractivity (Wildman–Crippen MR) is 91.8 cm³/mol. The molecule has 2 aliphatic heterocycles. The average Bonchev–Trinajstić information content (AvgIpc) is 3.17. The highest BCUT2D eigenvalue weighted by Gasteiger charge is 2.56. The molecule has 3 heterocycles. The van der Waals surface area contributed by atoms with Crippen molar-refractivity contribution in [2.75, 3.05) is 26.2 Å². The van der Waals surface area contributed by atoms with Crippen LogP contribution in [0.4, 0.5) is 0 Å². The number of hydrogen-bond donors (Lipinski definition) is 1. The van der Waals surface area contributed by atoms with Crippen molar-refractivity contribution in [1.82, 2.24) is 15.2 Å². The van der Waals surface area contributed by atoms with E-state index in [9.17, 15) is 9.59 Å². The van der Waals surface area contributed by atoms with E-state index in [-0.39, 0.29) is 17.4 Å². The van der Waals surface area contributed by atoms with Gasteiger partial charge in [-0.3, -0.25) is 14.6 Å². The van der Waals surface area contributed by atoms with Crippen molar-refractivity contribution in [3.8, 4) is 0 Å². The summed E-state index contributed by atoms with van der Waals surface area (Å²) in [7, 11) is 0. The van der Waals surface area contributed by atoms with Crippen molar-refractivity contribution in [1.29, 1.82) is 0 Å². The monoisotopic (exact) mass is 343 g/mol. The lowest BCUT2D eigenvalue weighted by molar-refractivity contribution is -0.166. The third-order valence-corrected chi connectivity index (χ3v) is 5.96. The topological polar surface area (TPSA) is 71.5 Å². The number of hydrogen-bond acceptors (Lipinski definition) is 4. The maximum absolute atomic E-state index is 12.3. The molecule has 3 fully saturated rings. The van der Waals surface area contributed by atoms with Crippen LogP contribution in [0.1, 0.15) is 36.5 Å². The highest BCUT2D eigenvalue weighted by atomic mass is 16.5. The fourth-order valence-corrected chi connectivity index (χ4v) is 4.16. The Morgan fingerprint density at radius 1 is 1.44 bits per heavy atom. The number of ether oxygens (including phenoxy) is 1. The summed E-state index contributed by atoms with van der Waals surface area (Å²) in [5.74, 6) is 1.41. The van der Waals surface area contributed by atoms with Gasteiger partial charge in [-0.1, -0.05) is 6.92 Å². The van der Waals surface area contributed by atoms with Crippen LogP contribution < -0.4 is 5.32 Å². The number of rotatable bonds is 5. The van der Waals surface area contributed by atoms with Gasteiger partial charge in [-0.15, -0.1) is 0 Å². The van der Waals surface area contributed by atoms with E-state index in [0.717, 1.165) is 39.0 Å².